The van der Waals surface area contributed by atoms with Crippen molar-refractivity contribution in [3.8, 4) is 0 Å². The molecule has 1 fully saturated rings. The largest absolute Gasteiger partial charge is 0.341 e. The lowest BCUT2D eigenvalue weighted by Gasteiger charge is -2.20. The zero-order chi connectivity index (χ0) is 19.6. The summed E-state index contributed by atoms with van der Waals surface area (Å²) in [6.07, 6.45) is 3.88. The molecular weight excluding hydrogens is 364 g/mol. The highest BCUT2D eigenvalue weighted by atomic mass is 32.1. The minimum atomic E-state index is -0.345. The molecule has 1 atom stereocenters. The Kier molecular flexibility index (Phi) is 5.88. The summed E-state index contributed by atoms with van der Waals surface area (Å²) in [6, 6.07) is 0. The molecule has 2 aromatic rings. The number of rotatable bonds is 7. The maximum Gasteiger partial charge on any atom is 0.229 e. The molecule has 9 heteroatoms. The standard InChI is InChI=1S/C18H26N6O2S/c1-5-7-15-20-21-18(27-15)23-11-13(8-16(23)25)17(26)22(4)10-14-9-19-24(6-2)12(14)3/h9,13H,5-8,10-11H2,1-4H3. The van der Waals surface area contributed by atoms with E-state index in [0.29, 0.717) is 18.2 Å². The van der Waals surface area contributed by atoms with Crippen LogP contribution in [0.5, 0.6) is 0 Å². The van der Waals surface area contributed by atoms with Crippen LogP contribution in [0.15, 0.2) is 6.20 Å². The minimum Gasteiger partial charge on any atom is -0.341 e. The highest BCUT2D eigenvalue weighted by Gasteiger charge is 2.38. The van der Waals surface area contributed by atoms with Crippen LogP contribution in [-0.2, 0) is 29.1 Å². The first-order chi connectivity index (χ1) is 12.9. The van der Waals surface area contributed by atoms with Crippen molar-refractivity contribution in [3.63, 3.8) is 0 Å². The molecule has 146 valence electrons. The normalized spacial score (nSPS) is 17.0. The molecule has 1 aliphatic rings. The summed E-state index contributed by atoms with van der Waals surface area (Å²) in [7, 11) is 1.78. The van der Waals surface area contributed by atoms with E-state index in [0.717, 1.165) is 35.7 Å². The van der Waals surface area contributed by atoms with Gasteiger partial charge in [-0.1, -0.05) is 18.3 Å². The number of hydrogen-bond acceptors (Lipinski definition) is 6. The van der Waals surface area contributed by atoms with Crippen LogP contribution in [0.1, 0.15) is 43.0 Å². The van der Waals surface area contributed by atoms with Crippen LogP contribution >= 0.6 is 11.3 Å². The molecule has 0 saturated carbocycles. The van der Waals surface area contributed by atoms with Gasteiger partial charge in [0, 0.05) is 50.8 Å². The smallest absolute Gasteiger partial charge is 0.229 e. The number of amides is 2. The molecule has 0 bridgehead atoms. The molecule has 1 saturated heterocycles. The lowest BCUT2D eigenvalue weighted by Crippen LogP contribution is -2.34. The highest BCUT2D eigenvalue weighted by Crippen LogP contribution is 2.29. The van der Waals surface area contributed by atoms with Crippen LogP contribution < -0.4 is 4.90 Å². The third-order valence-electron chi connectivity index (χ3n) is 4.91. The maximum atomic E-state index is 12.9. The molecule has 1 unspecified atom stereocenters. The quantitative estimate of drug-likeness (QED) is 0.722. The number of aromatic nitrogens is 4. The van der Waals surface area contributed by atoms with E-state index in [4.69, 9.17) is 0 Å². The molecule has 2 aromatic heterocycles. The van der Waals surface area contributed by atoms with Gasteiger partial charge >= 0.3 is 0 Å². The highest BCUT2D eigenvalue weighted by molar-refractivity contribution is 7.15. The zero-order valence-corrected chi connectivity index (χ0v) is 17.1. The summed E-state index contributed by atoms with van der Waals surface area (Å²) in [5.74, 6) is -0.425. The van der Waals surface area contributed by atoms with Crippen molar-refractivity contribution in [2.75, 3.05) is 18.5 Å². The second-order valence-corrected chi connectivity index (χ2v) is 7.94. The predicted octanol–water partition coefficient (Wildman–Crippen LogP) is 2.03. The first-order valence-electron chi connectivity index (χ1n) is 9.33. The van der Waals surface area contributed by atoms with Crippen molar-refractivity contribution in [1.82, 2.24) is 24.9 Å². The number of carbonyl (C=O) groups is 2. The third-order valence-corrected chi connectivity index (χ3v) is 5.92. The van der Waals surface area contributed by atoms with Crippen LogP contribution in [0, 0.1) is 12.8 Å². The first kappa shape index (κ1) is 19.5. The SMILES string of the molecule is CCCc1nnc(N2CC(C(=O)N(C)Cc3cnn(CC)c3C)CC2=O)s1. The Morgan fingerprint density at radius 3 is 2.81 bits per heavy atom. The Labute approximate surface area is 163 Å². The molecule has 3 rings (SSSR count). The fourth-order valence-corrected chi connectivity index (χ4v) is 4.30. The fraction of sp³-hybridized carbons (Fsp3) is 0.611. The average Bonchev–Trinajstić information content (AvgIpc) is 3.34. The average molecular weight is 391 g/mol. The van der Waals surface area contributed by atoms with E-state index in [1.54, 1.807) is 16.8 Å². The molecule has 8 nitrogen and oxygen atoms in total. The molecule has 3 heterocycles. The van der Waals surface area contributed by atoms with E-state index >= 15 is 0 Å². The fourth-order valence-electron chi connectivity index (χ4n) is 3.33. The van der Waals surface area contributed by atoms with Gasteiger partial charge in [0.1, 0.15) is 5.01 Å². The van der Waals surface area contributed by atoms with Crippen molar-refractivity contribution < 1.29 is 9.59 Å². The Bertz CT molecular complexity index is 830. The summed E-state index contributed by atoms with van der Waals surface area (Å²) in [6.45, 7) is 7.80. The van der Waals surface area contributed by atoms with E-state index in [9.17, 15) is 9.59 Å². The number of carbonyl (C=O) groups excluding carboxylic acids is 2. The molecule has 0 spiro atoms. The van der Waals surface area contributed by atoms with Gasteiger partial charge in [-0.15, -0.1) is 10.2 Å². The van der Waals surface area contributed by atoms with Gasteiger partial charge in [-0.05, 0) is 20.3 Å². The molecule has 27 heavy (non-hydrogen) atoms. The molecular formula is C18H26N6O2S. The van der Waals surface area contributed by atoms with Crippen molar-refractivity contribution in [2.45, 2.75) is 53.1 Å². The maximum absolute atomic E-state index is 12.9. The van der Waals surface area contributed by atoms with Gasteiger partial charge in [-0.25, -0.2) is 0 Å². The van der Waals surface area contributed by atoms with E-state index in [2.05, 4.69) is 22.2 Å². The van der Waals surface area contributed by atoms with Crippen molar-refractivity contribution in [3.05, 3.63) is 22.5 Å². The van der Waals surface area contributed by atoms with Gasteiger partial charge in [-0.3, -0.25) is 19.2 Å². The van der Waals surface area contributed by atoms with Crippen LogP contribution in [0.3, 0.4) is 0 Å². The molecule has 0 aliphatic carbocycles. The lowest BCUT2D eigenvalue weighted by molar-refractivity contribution is -0.135. The Hall–Kier alpha value is -2.29. The Morgan fingerprint density at radius 2 is 2.15 bits per heavy atom. The van der Waals surface area contributed by atoms with E-state index < -0.39 is 0 Å². The zero-order valence-electron chi connectivity index (χ0n) is 16.3. The summed E-state index contributed by atoms with van der Waals surface area (Å²) in [5, 5.41) is 14.1. The molecule has 0 radical (unpaired) electrons. The second-order valence-electron chi connectivity index (χ2n) is 6.90. The second kappa shape index (κ2) is 8.16. The van der Waals surface area contributed by atoms with Crippen molar-refractivity contribution >= 4 is 28.3 Å². The Morgan fingerprint density at radius 1 is 1.37 bits per heavy atom. The third kappa shape index (κ3) is 4.02. The first-order valence-corrected chi connectivity index (χ1v) is 10.1. The molecule has 0 N–H and O–H groups in total. The van der Waals surface area contributed by atoms with Gasteiger partial charge in [0.25, 0.3) is 0 Å². The van der Waals surface area contributed by atoms with Crippen LogP contribution in [0.2, 0.25) is 0 Å². The van der Waals surface area contributed by atoms with Crippen molar-refractivity contribution in [2.24, 2.45) is 5.92 Å². The summed E-state index contributed by atoms with van der Waals surface area (Å²) in [5.41, 5.74) is 2.10. The van der Waals surface area contributed by atoms with E-state index in [-0.39, 0.29) is 24.2 Å². The van der Waals surface area contributed by atoms with Crippen molar-refractivity contribution in [1.29, 1.82) is 0 Å². The topological polar surface area (TPSA) is 84.2 Å². The van der Waals surface area contributed by atoms with Gasteiger partial charge in [-0.2, -0.15) is 5.10 Å². The summed E-state index contributed by atoms with van der Waals surface area (Å²) in [4.78, 5) is 28.6. The lowest BCUT2D eigenvalue weighted by atomic mass is 10.1. The summed E-state index contributed by atoms with van der Waals surface area (Å²) < 4.78 is 1.91. The number of aryl methyl sites for hydroxylation is 2. The Balaban J connectivity index is 1.64. The summed E-state index contributed by atoms with van der Waals surface area (Å²) >= 11 is 1.44. The van der Waals surface area contributed by atoms with Crippen LogP contribution in [-0.4, -0.2) is 50.3 Å². The molecule has 2 amide bonds. The van der Waals surface area contributed by atoms with Gasteiger partial charge in [0.05, 0.1) is 12.1 Å². The van der Waals surface area contributed by atoms with Crippen LogP contribution in [0.25, 0.3) is 0 Å². The van der Waals surface area contributed by atoms with Crippen LogP contribution in [0.4, 0.5) is 5.13 Å². The van der Waals surface area contributed by atoms with Gasteiger partial charge in [0.2, 0.25) is 16.9 Å². The van der Waals surface area contributed by atoms with E-state index in [1.165, 1.54) is 11.3 Å². The number of anilines is 1. The monoisotopic (exact) mass is 390 g/mol. The molecule has 0 aromatic carbocycles. The molecule has 1 aliphatic heterocycles. The number of hydrogen-bond donors (Lipinski definition) is 0. The van der Waals surface area contributed by atoms with Gasteiger partial charge < -0.3 is 4.90 Å². The predicted molar refractivity (Wildman–Crippen MR) is 103 cm³/mol. The van der Waals surface area contributed by atoms with Gasteiger partial charge in [0.15, 0.2) is 0 Å². The minimum absolute atomic E-state index is 0.0206. The van der Waals surface area contributed by atoms with E-state index in [1.807, 2.05) is 24.7 Å². The number of nitrogens with zero attached hydrogens (tertiary/aromatic N) is 6.